The van der Waals surface area contributed by atoms with E-state index in [9.17, 15) is 39.0 Å². The fourth-order valence-corrected chi connectivity index (χ4v) is 11.8. The van der Waals surface area contributed by atoms with Gasteiger partial charge >= 0.3 is 6.15 Å². The van der Waals surface area contributed by atoms with Gasteiger partial charge in [-0.15, -0.1) is 0 Å². The summed E-state index contributed by atoms with van der Waals surface area (Å²) in [6, 6.07) is 12.9. The van der Waals surface area contributed by atoms with Gasteiger partial charge in [-0.25, -0.2) is 8.78 Å². The van der Waals surface area contributed by atoms with Gasteiger partial charge in [-0.3, -0.25) is 28.8 Å². The van der Waals surface area contributed by atoms with Crippen molar-refractivity contribution in [3.05, 3.63) is 83.5 Å². The fourth-order valence-electron chi connectivity index (χ4n) is 11.4. The van der Waals surface area contributed by atoms with Crippen molar-refractivity contribution in [3.8, 4) is 11.5 Å². The number of hydrogen-bond donors (Lipinski definition) is 3. The summed E-state index contributed by atoms with van der Waals surface area (Å²) in [7, 11) is 0. The lowest BCUT2D eigenvalue weighted by atomic mass is 9.44. The van der Waals surface area contributed by atoms with E-state index in [4.69, 9.17) is 23.8 Å². The molecule has 0 radical (unpaired) electrons. The summed E-state index contributed by atoms with van der Waals surface area (Å²) in [4.78, 5) is 93.0. The number of fused-ring (bicyclic) bond motifs is 7. The zero-order valence-electron chi connectivity index (χ0n) is 39.0. The molecule has 3 N–H and O–H groups in total. The summed E-state index contributed by atoms with van der Waals surface area (Å²) in [6.07, 6.45) is 1.04. The number of alkyl halides is 2. The number of ether oxygens (including phenoxy) is 3. The molecule has 14 nitrogen and oxygen atoms in total. The number of nitrogens with one attached hydrogen (secondary N) is 1. The number of rotatable bonds is 18. The van der Waals surface area contributed by atoms with E-state index in [-0.39, 0.29) is 72.8 Å². The number of thioether (sulfide) groups is 1. The second-order valence-corrected chi connectivity index (χ2v) is 20.3. The minimum atomic E-state index is -2.36. The van der Waals surface area contributed by atoms with Crippen molar-refractivity contribution in [3.63, 3.8) is 0 Å². The van der Waals surface area contributed by atoms with Gasteiger partial charge in [-0.1, -0.05) is 44.2 Å². The molecule has 7 rings (SSSR count). The number of aliphatic hydroxyl groups excluding tert-OH is 2. The number of aliphatic hydroxyl groups is 2. The van der Waals surface area contributed by atoms with Crippen LogP contribution < -0.4 is 10.1 Å². The van der Waals surface area contributed by atoms with Gasteiger partial charge in [0.25, 0.3) is 0 Å². The van der Waals surface area contributed by atoms with Crippen molar-refractivity contribution >= 4 is 52.7 Å². The molecule has 1 aliphatic heterocycles. The van der Waals surface area contributed by atoms with Crippen LogP contribution in [0.25, 0.3) is 0 Å². The zero-order chi connectivity index (χ0) is 49.9. The fraction of sp³-hybridized carbons (Fsp3) is 0.549. The maximum absolute atomic E-state index is 17.7. The van der Waals surface area contributed by atoms with Crippen molar-refractivity contribution in [2.24, 2.45) is 28.6 Å². The Kier molecular flexibility index (Phi) is 16.1. The molecule has 1 amide bonds. The van der Waals surface area contributed by atoms with Crippen LogP contribution >= 0.6 is 11.8 Å². The molecule has 5 aliphatic rings. The minimum absolute atomic E-state index is 0.00164. The van der Waals surface area contributed by atoms with Crippen molar-refractivity contribution < 1.29 is 71.6 Å². The summed E-state index contributed by atoms with van der Waals surface area (Å²) in [6.45, 7) is 7.40. The quantitative estimate of drug-likeness (QED) is 0.151. The first-order valence-electron chi connectivity index (χ1n) is 22.8. The van der Waals surface area contributed by atoms with Gasteiger partial charge in [0.05, 0.1) is 23.5 Å². The lowest BCUT2D eigenvalue weighted by Gasteiger charge is -2.63. The van der Waals surface area contributed by atoms with E-state index in [1.165, 1.54) is 30.8 Å². The topological polar surface area (TPSA) is 217 Å². The first kappa shape index (κ1) is 52.3. The van der Waals surface area contributed by atoms with Gasteiger partial charge in [0.2, 0.25) is 5.91 Å². The maximum Gasteiger partial charge on any atom is 0.373 e. The van der Waals surface area contributed by atoms with Crippen molar-refractivity contribution in [1.29, 1.82) is 0 Å². The van der Waals surface area contributed by atoms with Crippen LogP contribution in [0.5, 0.6) is 11.5 Å². The molecule has 68 heavy (non-hydrogen) atoms. The monoisotopic (exact) mass is 963 g/mol. The number of allylic oxidation sites excluding steroid dienone is 4. The zero-order valence-corrected chi connectivity index (χ0v) is 39.8. The highest BCUT2D eigenvalue weighted by atomic mass is 32.2. The number of benzene rings is 2. The van der Waals surface area contributed by atoms with Crippen LogP contribution in [0.3, 0.4) is 0 Å². The first-order valence-corrected chi connectivity index (χ1v) is 24.1. The molecular weight excluding hydrogens is 905 g/mol. The molecule has 4 fully saturated rings. The van der Waals surface area contributed by atoms with Crippen LogP contribution in [-0.2, 0) is 54.3 Å². The van der Waals surface area contributed by atoms with Crippen LogP contribution in [0.1, 0.15) is 97.0 Å². The number of amides is 1. The molecule has 0 bridgehead atoms. The summed E-state index contributed by atoms with van der Waals surface area (Å²) in [5, 5.41) is 24.7. The van der Waals surface area contributed by atoms with E-state index < -0.39 is 94.6 Å². The lowest BCUT2D eigenvalue weighted by Crippen LogP contribution is -2.70. The Morgan fingerprint density at radius 2 is 1.68 bits per heavy atom. The Labute approximate surface area is 398 Å². The molecule has 17 heteroatoms. The second kappa shape index (κ2) is 20.9. The molecule has 1 heterocycles. The molecule has 13 atom stereocenters. The Morgan fingerprint density at radius 1 is 0.985 bits per heavy atom. The molecule has 1 saturated heterocycles. The van der Waals surface area contributed by atoms with Gasteiger partial charge in [-0.05, 0) is 106 Å². The predicted octanol–water partition coefficient (Wildman–Crippen LogP) is 6.24. The SMILES string of the molecule is CSC(C)C(=O)CCCC(=O)C[C@@H](C)C(=O)N[C@@H](C)C(=O)Cc1cccc(Oc2ccc([C@@H]3O[C@@H]4C[C@H]5[C@@H]6C[C@H](F)C7=CC(=O)C=C[C@]7(C)[C@@]6(F)[C@@H](O)C[C@]5(C)[C@]4(C(=O)CO)O3)cc2)c1.O=C=O. The van der Waals surface area contributed by atoms with E-state index in [1.54, 1.807) is 69.3 Å². The molecule has 1 unspecified atom stereocenters. The number of carbonyl (C=O) groups excluding carboxylic acids is 8. The molecule has 2 aromatic carbocycles. The average Bonchev–Trinajstić information content (AvgIpc) is 3.80. The van der Waals surface area contributed by atoms with Crippen LogP contribution in [0.15, 0.2) is 72.3 Å². The van der Waals surface area contributed by atoms with E-state index >= 15 is 8.78 Å². The number of Topliss-reactive ketones (excluding diaryl/α,β-unsaturated/α-hetero) is 4. The number of carbonyl (C=O) groups is 6. The van der Waals surface area contributed by atoms with E-state index in [0.29, 0.717) is 35.5 Å². The van der Waals surface area contributed by atoms with Crippen LogP contribution in [0.2, 0.25) is 0 Å². The Balaban J connectivity index is 0.00000247. The van der Waals surface area contributed by atoms with Gasteiger partial charge in [0.15, 0.2) is 34.9 Å². The van der Waals surface area contributed by atoms with E-state index in [2.05, 4.69) is 5.32 Å². The van der Waals surface area contributed by atoms with Gasteiger partial charge in [-0.2, -0.15) is 21.4 Å². The minimum Gasteiger partial charge on any atom is -0.457 e. The smallest absolute Gasteiger partial charge is 0.373 e. The largest absolute Gasteiger partial charge is 0.457 e. The Hall–Kier alpha value is -5.03. The second-order valence-electron chi connectivity index (χ2n) is 19.1. The van der Waals surface area contributed by atoms with Gasteiger partial charge < -0.3 is 29.7 Å². The van der Waals surface area contributed by atoms with Crippen molar-refractivity contribution in [1.82, 2.24) is 5.32 Å². The lowest BCUT2D eigenvalue weighted by molar-refractivity contribution is -0.235. The average molecular weight is 964 g/mol. The summed E-state index contributed by atoms with van der Waals surface area (Å²) in [5.41, 5.74) is -5.82. The van der Waals surface area contributed by atoms with Crippen LogP contribution in [0.4, 0.5) is 8.78 Å². The van der Waals surface area contributed by atoms with Crippen LogP contribution in [-0.4, -0.2) is 105 Å². The highest BCUT2D eigenvalue weighted by Gasteiger charge is 2.80. The summed E-state index contributed by atoms with van der Waals surface area (Å²) in [5.74, 6) is -3.28. The normalized spacial score (nSPS) is 32.3. The first-order chi connectivity index (χ1) is 32.1. The Bertz CT molecular complexity index is 2390. The number of hydrogen-bond acceptors (Lipinski definition) is 14. The van der Waals surface area contributed by atoms with E-state index in [1.807, 2.05) is 13.2 Å². The molecule has 366 valence electrons. The molecular formula is C51H59F2NO13S. The predicted molar refractivity (Wildman–Crippen MR) is 242 cm³/mol. The highest BCUT2D eigenvalue weighted by Crippen LogP contribution is 2.72. The standard InChI is InChI=1S/C50H59F2NO11S.CO2/c1-27(19-32(55)10-8-12-40(57)29(3)65-6)45(61)53-28(2)41(58)21-30-9-7-11-35(20-30)62-34-15-13-31(14-16-34)46-63-44-24-36-37-23-39(51)38-22-33(56)17-18-47(38,4)49(37,52)42(59)25-48(36,5)50(44,64-46)43(60)26-54;2-1-3/h7,9,11,13-18,20,22,27-29,36-37,39,42,44,46,54,59H,8,10,12,19,21,23-26H2,1-6H3,(H,53,61);/t27-,28+,29?,36+,37+,39+,42+,44-,46-,47+,48+,49+,50-;/m1./s1. The van der Waals surface area contributed by atoms with Crippen molar-refractivity contribution in [2.45, 2.75) is 133 Å². The van der Waals surface area contributed by atoms with Crippen molar-refractivity contribution in [2.75, 3.05) is 12.9 Å². The summed E-state index contributed by atoms with van der Waals surface area (Å²) < 4.78 is 52.9. The third kappa shape index (κ3) is 9.62. The molecule has 0 aromatic heterocycles. The third-order valence-corrected chi connectivity index (χ3v) is 16.1. The number of halogens is 2. The van der Waals surface area contributed by atoms with Crippen LogP contribution in [0, 0.1) is 28.6 Å². The molecule has 2 aromatic rings. The molecule has 4 aliphatic carbocycles. The molecule has 0 spiro atoms. The highest BCUT2D eigenvalue weighted by molar-refractivity contribution is 7.99. The van der Waals surface area contributed by atoms with E-state index in [0.717, 1.165) is 6.08 Å². The summed E-state index contributed by atoms with van der Waals surface area (Å²) >= 11 is 1.46. The maximum atomic E-state index is 17.7. The van der Waals surface area contributed by atoms with Gasteiger partial charge in [0.1, 0.15) is 35.8 Å². The number of ketones is 5. The molecule has 3 saturated carbocycles. The third-order valence-electron chi connectivity index (χ3n) is 15.1. The Morgan fingerprint density at radius 3 is 2.34 bits per heavy atom. The van der Waals surface area contributed by atoms with Gasteiger partial charge in [0, 0.05) is 53.9 Å².